The average Bonchev–Trinajstić information content (AvgIpc) is 2.76. The molecule has 1 amide bonds. The summed E-state index contributed by atoms with van der Waals surface area (Å²) in [4.78, 5) is 46.9. The lowest BCUT2D eigenvalue weighted by Crippen LogP contribution is -2.66. The summed E-state index contributed by atoms with van der Waals surface area (Å²) in [6.45, 7) is 7.30. The highest BCUT2D eigenvalue weighted by Gasteiger charge is 2.51. The Morgan fingerprint density at radius 1 is 0.743 bits per heavy atom. The number of nitrogens with one attached hydrogen (secondary N) is 1. The predicted octanol–water partition coefficient (Wildman–Crippen LogP) is 3.19. The molecule has 0 spiro atoms. The predicted molar refractivity (Wildman–Crippen MR) is 127 cm³/mol. The molecule has 0 aromatic rings. The molecule has 5 unspecified atom stereocenters. The molecule has 202 valence electrons. The molecule has 1 aliphatic rings. The van der Waals surface area contributed by atoms with Gasteiger partial charge in [-0.25, -0.2) is 0 Å². The number of hydrogen-bond donors (Lipinski definition) is 1. The molecule has 35 heavy (non-hydrogen) atoms. The number of hydrogen-bond acceptors (Lipinski definition) is 9. The monoisotopic (exact) mass is 501 g/mol. The third-order valence-electron chi connectivity index (χ3n) is 5.60. The molecule has 10 heteroatoms. The van der Waals surface area contributed by atoms with Gasteiger partial charge >= 0.3 is 17.9 Å². The molecule has 1 N–H and O–H groups in total. The van der Waals surface area contributed by atoms with Gasteiger partial charge in [0.2, 0.25) is 5.91 Å². The summed E-state index contributed by atoms with van der Waals surface area (Å²) in [5.74, 6) is -2.21. The Morgan fingerprint density at radius 2 is 1.29 bits per heavy atom. The van der Waals surface area contributed by atoms with E-state index in [1.165, 1.54) is 66.2 Å². The van der Waals surface area contributed by atoms with Crippen LogP contribution in [0.5, 0.6) is 0 Å². The lowest BCUT2D eigenvalue weighted by atomic mass is 9.96. The maximum atomic E-state index is 11.9. The van der Waals surface area contributed by atoms with Crippen LogP contribution < -0.4 is 5.32 Å². The van der Waals surface area contributed by atoms with Crippen LogP contribution in [-0.2, 0) is 42.9 Å². The van der Waals surface area contributed by atoms with E-state index in [0.29, 0.717) is 6.61 Å². The molecular weight excluding hydrogens is 458 g/mol. The van der Waals surface area contributed by atoms with Crippen LogP contribution in [0.3, 0.4) is 0 Å². The van der Waals surface area contributed by atoms with E-state index in [2.05, 4.69) is 12.2 Å². The Labute approximate surface area is 208 Å². The normalized spacial score (nSPS) is 23.9. The topological polar surface area (TPSA) is 126 Å². The molecule has 5 atom stereocenters. The minimum atomic E-state index is -1.11. The van der Waals surface area contributed by atoms with Crippen LogP contribution in [0.15, 0.2) is 0 Å². The molecule has 0 aliphatic carbocycles. The SMILES string of the molecule is CCCCCCCCCCCOC1OC(COC(C)=O)C(OC(C)=O)C(OC(C)=O)C1NC(C)=O. The zero-order chi connectivity index (χ0) is 26.2. The number of carbonyl (C=O) groups is 4. The van der Waals surface area contributed by atoms with Crippen LogP contribution >= 0.6 is 0 Å². The van der Waals surface area contributed by atoms with E-state index in [-0.39, 0.29) is 6.61 Å². The third-order valence-corrected chi connectivity index (χ3v) is 5.60. The van der Waals surface area contributed by atoms with Crippen LogP contribution in [0.4, 0.5) is 0 Å². The number of esters is 3. The van der Waals surface area contributed by atoms with Crippen molar-refractivity contribution < 1.29 is 42.9 Å². The van der Waals surface area contributed by atoms with E-state index in [1.54, 1.807) is 0 Å². The minimum absolute atomic E-state index is 0.240. The zero-order valence-electron chi connectivity index (χ0n) is 21.8. The van der Waals surface area contributed by atoms with Crippen molar-refractivity contribution >= 4 is 23.8 Å². The van der Waals surface area contributed by atoms with Crippen molar-refractivity contribution in [2.45, 2.75) is 123 Å². The second-order valence-electron chi connectivity index (χ2n) is 8.92. The summed E-state index contributed by atoms with van der Waals surface area (Å²) in [7, 11) is 0. The highest BCUT2D eigenvalue weighted by molar-refractivity contribution is 5.73. The van der Waals surface area contributed by atoms with Gasteiger partial charge in [-0.05, 0) is 6.42 Å². The van der Waals surface area contributed by atoms with Crippen molar-refractivity contribution in [1.82, 2.24) is 5.32 Å². The Bertz CT molecular complexity index is 669. The second-order valence-corrected chi connectivity index (χ2v) is 8.92. The molecule has 10 nitrogen and oxygen atoms in total. The average molecular weight is 502 g/mol. The van der Waals surface area contributed by atoms with Gasteiger partial charge in [-0.15, -0.1) is 0 Å². The molecule has 0 saturated carbocycles. The van der Waals surface area contributed by atoms with Crippen molar-refractivity contribution in [2.75, 3.05) is 13.2 Å². The van der Waals surface area contributed by atoms with Crippen molar-refractivity contribution in [2.24, 2.45) is 0 Å². The van der Waals surface area contributed by atoms with Gasteiger partial charge in [-0.1, -0.05) is 58.3 Å². The molecule has 1 rings (SSSR count). The first kappa shape index (κ1) is 30.8. The van der Waals surface area contributed by atoms with Gasteiger partial charge in [0, 0.05) is 34.3 Å². The number of rotatable bonds is 16. The van der Waals surface area contributed by atoms with Crippen molar-refractivity contribution in [3.05, 3.63) is 0 Å². The molecule has 1 fully saturated rings. The van der Waals surface area contributed by atoms with Gasteiger partial charge in [0.05, 0.1) is 0 Å². The van der Waals surface area contributed by atoms with E-state index in [4.69, 9.17) is 23.7 Å². The van der Waals surface area contributed by atoms with Crippen LogP contribution in [-0.4, -0.2) is 67.7 Å². The van der Waals surface area contributed by atoms with E-state index in [9.17, 15) is 19.2 Å². The Morgan fingerprint density at radius 3 is 1.80 bits per heavy atom. The van der Waals surface area contributed by atoms with Gasteiger partial charge in [-0.2, -0.15) is 0 Å². The molecule has 0 aromatic carbocycles. The quantitative estimate of drug-likeness (QED) is 0.193. The zero-order valence-corrected chi connectivity index (χ0v) is 21.8. The van der Waals surface area contributed by atoms with E-state index in [1.807, 2.05) is 0 Å². The Hall–Kier alpha value is -2.20. The lowest BCUT2D eigenvalue weighted by molar-refractivity contribution is -0.277. The standard InChI is InChI=1S/C25H43NO9/c1-6-7-8-9-10-11-12-13-14-15-31-25-22(26-17(2)27)24(34-20(5)30)23(33-19(4)29)21(35-25)16-32-18(3)28/h21-25H,6-16H2,1-5H3,(H,26,27). The molecule has 0 radical (unpaired) electrons. The van der Waals surface area contributed by atoms with Crippen LogP contribution in [0.25, 0.3) is 0 Å². The minimum Gasteiger partial charge on any atom is -0.463 e. The number of amides is 1. The van der Waals surface area contributed by atoms with Crippen LogP contribution in [0.2, 0.25) is 0 Å². The van der Waals surface area contributed by atoms with Crippen LogP contribution in [0, 0.1) is 0 Å². The lowest BCUT2D eigenvalue weighted by Gasteiger charge is -2.44. The molecule has 1 heterocycles. The van der Waals surface area contributed by atoms with Gasteiger partial charge in [0.15, 0.2) is 18.5 Å². The molecule has 1 aliphatic heterocycles. The smallest absolute Gasteiger partial charge is 0.303 e. The summed E-state index contributed by atoms with van der Waals surface area (Å²) < 4.78 is 27.8. The fraction of sp³-hybridized carbons (Fsp3) is 0.840. The van der Waals surface area contributed by atoms with E-state index in [0.717, 1.165) is 19.3 Å². The highest BCUT2D eigenvalue weighted by atomic mass is 16.7. The van der Waals surface area contributed by atoms with Gasteiger partial charge < -0.3 is 29.0 Å². The van der Waals surface area contributed by atoms with Crippen molar-refractivity contribution in [1.29, 1.82) is 0 Å². The number of unbranched alkanes of at least 4 members (excludes halogenated alkanes) is 8. The fourth-order valence-electron chi connectivity index (χ4n) is 4.05. The molecule has 0 aromatic heterocycles. The van der Waals surface area contributed by atoms with Crippen LogP contribution in [0.1, 0.15) is 92.4 Å². The maximum absolute atomic E-state index is 11.9. The largest absolute Gasteiger partial charge is 0.463 e. The first-order chi connectivity index (χ1) is 16.6. The first-order valence-corrected chi connectivity index (χ1v) is 12.7. The molecular formula is C25H43NO9. The van der Waals surface area contributed by atoms with E-state index < -0.39 is 54.5 Å². The molecule has 1 saturated heterocycles. The van der Waals surface area contributed by atoms with Crippen molar-refractivity contribution in [3.63, 3.8) is 0 Å². The van der Waals surface area contributed by atoms with Gasteiger partial charge in [-0.3, -0.25) is 19.2 Å². The Kier molecular flexibility index (Phi) is 15.2. The summed E-state index contributed by atoms with van der Waals surface area (Å²) >= 11 is 0. The maximum Gasteiger partial charge on any atom is 0.303 e. The van der Waals surface area contributed by atoms with Crippen molar-refractivity contribution in [3.8, 4) is 0 Å². The first-order valence-electron chi connectivity index (χ1n) is 12.7. The van der Waals surface area contributed by atoms with E-state index >= 15 is 0 Å². The number of ether oxygens (including phenoxy) is 5. The summed E-state index contributed by atoms with van der Waals surface area (Å²) in [6.07, 6.45) is 6.23. The Balaban J connectivity index is 2.83. The summed E-state index contributed by atoms with van der Waals surface area (Å²) in [5, 5.41) is 2.70. The molecule has 0 bridgehead atoms. The highest BCUT2D eigenvalue weighted by Crippen LogP contribution is 2.28. The number of carbonyl (C=O) groups excluding carboxylic acids is 4. The van der Waals surface area contributed by atoms with Gasteiger partial charge in [0.25, 0.3) is 0 Å². The fourth-order valence-corrected chi connectivity index (χ4v) is 4.05. The summed E-state index contributed by atoms with van der Waals surface area (Å²) in [5.41, 5.74) is 0. The summed E-state index contributed by atoms with van der Waals surface area (Å²) in [6, 6.07) is -0.923. The second kappa shape index (κ2) is 17.3. The van der Waals surface area contributed by atoms with Gasteiger partial charge in [0.1, 0.15) is 18.8 Å². The third kappa shape index (κ3) is 12.9.